The third-order valence-corrected chi connectivity index (χ3v) is 4.39. The number of rotatable bonds is 5. The zero-order valence-corrected chi connectivity index (χ0v) is 14.9. The number of amides is 1. The number of benzene rings is 1. The lowest BCUT2D eigenvalue weighted by molar-refractivity contribution is -0.132. The molecule has 2 aromatic rings. The molecule has 1 atom stereocenters. The molecular weight excluding hydrogens is 316 g/mol. The lowest BCUT2D eigenvalue weighted by Gasteiger charge is -2.29. The van der Waals surface area contributed by atoms with E-state index in [1.54, 1.807) is 22.0 Å². The summed E-state index contributed by atoms with van der Waals surface area (Å²) in [4.78, 5) is 19.8. The Morgan fingerprint density at radius 2 is 2.08 bits per heavy atom. The van der Waals surface area contributed by atoms with Crippen molar-refractivity contribution in [3.05, 3.63) is 47.8 Å². The summed E-state index contributed by atoms with van der Waals surface area (Å²) in [6, 6.07) is 8.18. The molecule has 132 valence electrons. The van der Waals surface area contributed by atoms with Gasteiger partial charge in [-0.2, -0.15) is 5.10 Å². The Balaban J connectivity index is 1.61. The molecule has 1 aromatic heterocycles. The minimum absolute atomic E-state index is 0.0634. The Morgan fingerprint density at radius 1 is 1.32 bits per heavy atom. The molecule has 0 aliphatic carbocycles. The van der Waals surface area contributed by atoms with E-state index in [4.69, 9.17) is 4.84 Å². The molecule has 0 radical (unpaired) electrons. The van der Waals surface area contributed by atoms with E-state index in [0.29, 0.717) is 18.9 Å². The van der Waals surface area contributed by atoms with Crippen LogP contribution in [0.4, 0.5) is 5.69 Å². The Labute approximate surface area is 148 Å². The normalized spacial score (nSPS) is 18.3. The summed E-state index contributed by atoms with van der Waals surface area (Å²) in [6.07, 6.45) is 6.20. The first-order valence-electron chi connectivity index (χ1n) is 8.64. The van der Waals surface area contributed by atoms with Gasteiger partial charge in [-0.1, -0.05) is 43.3 Å². The molecule has 0 spiro atoms. The molecule has 1 fully saturated rings. The van der Waals surface area contributed by atoms with Crippen LogP contribution < -0.4 is 4.90 Å². The number of carbonyl (C=O) groups excluding carboxylic acids is 1. The van der Waals surface area contributed by atoms with Crippen LogP contribution in [0.2, 0.25) is 0 Å². The van der Waals surface area contributed by atoms with Crippen LogP contribution in [0.15, 0.2) is 41.8 Å². The summed E-state index contributed by atoms with van der Waals surface area (Å²) in [7, 11) is 1.83. The molecule has 6 heteroatoms. The van der Waals surface area contributed by atoms with Gasteiger partial charge in [0.25, 0.3) is 5.91 Å². The zero-order valence-electron chi connectivity index (χ0n) is 14.9. The highest BCUT2D eigenvalue weighted by atomic mass is 16.6. The summed E-state index contributed by atoms with van der Waals surface area (Å²) >= 11 is 0. The Bertz CT molecular complexity index is 749. The van der Waals surface area contributed by atoms with Crippen molar-refractivity contribution in [3.63, 3.8) is 0 Å². The molecular formula is C19H24N4O2. The highest BCUT2D eigenvalue weighted by Gasteiger charge is 2.32. The first kappa shape index (κ1) is 17.2. The van der Waals surface area contributed by atoms with Crippen LogP contribution in [0, 0.1) is 0 Å². The summed E-state index contributed by atoms with van der Waals surface area (Å²) in [5, 5.41) is 8.16. The number of anilines is 1. The van der Waals surface area contributed by atoms with Gasteiger partial charge < -0.3 is 9.74 Å². The predicted molar refractivity (Wildman–Crippen MR) is 97.8 cm³/mol. The molecule has 1 aliphatic rings. The van der Waals surface area contributed by atoms with Gasteiger partial charge in [0.2, 0.25) is 6.10 Å². The van der Waals surface area contributed by atoms with Crippen LogP contribution in [-0.2, 0) is 16.7 Å². The minimum Gasteiger partial charge on any atom is -0.382 e. The van der Waals surface area contributed by atoms with Gasteiger partial charge in [-0.3, -0.25) is 9.48 Å². The van der Waals surface area contributed by atoms with E-state index < -0.39 is 6.10 Å². The van der Waals surface area contributed by atoms with Gasteiger partial charge in [-0.25, -0.2) is 0 Å². The fraction of sp³-hybridized carbons (Fsp3) is 0.421. The van der Waals surface area contributed by atoms with E-state index in [1.165, 1.54) is 5.56 Å². The lowest BCUT2D eigenvalue weighted by atomic mass is 10.0. The van der Waals surface area contributed by atoms with Crippen molar-refractivity contribution in [2.24, 2.45) is 12.2 Å². The summed E-state index contributed by atoms with van der Waals surface area (Å²) in [5.41, 5.74) is 3.04. The fourth-order valence-corrected chi connectivity index (χ4v) is 2.88. The number of hydrogen-bond donors (Lipinski definition) is 0. The van der Waals surface area contributed by atoms with E-state index in [2.05, 4.69) is 36.2 Å². The van der Waals surface area contributed by atoms with E-state index in [-0.39, 0.29) is 5.91 Å². The average Bonchev–Trinajstić information content (AvgIpc) is 3.03. The molecule has 25 heavy (non-hydrogen) atoms. The first-order chi connectivity index (χ1) is 12.0. The monoisotopic (exact) mass is 340 g/mol. The van der Waals surface area contributed by atoms with Crippen LogP contribution in [0.1, 0.15) is 43.7 Å². The van der Waals surface area contributed by atoms with Gasteiger partial charge in [-0.05, 0) is 29.9 Å². The van der Waals surface area contributed by atoms with Gasteiger partial charge in [0.05, 0.1) is 18.1 Å². The third-order valence-electron chi connectivity index (χ3n) is 4.39. The van der Waals surface area contributed by atoms with E-state index >= 15 is 0 Å². The van der Waals surface area contributed by atoms with Crippen LogP contribution in [-0.4, -0.2) is 34.6 Å². The largest absolute Gasteiger partial charge is 0.382 e. The second-order valence-electron chi connectivity index (χ2n) is 6.65. The smallest absolute Gasteiger partial charge is 0.270 e. The highest BCUT2D eigenvalue weighted by molar-refractivity contribution is 5.97. The molecule has 3 rings (SSSR count). The van der Waals surface area contributed by atoms with E-state index in [9.17, 15) is 4.79 Å². The maximum Gasteiger partial charge on any atom is 0.270 e. The maximum atomic E-state index is 12.6. The van der Waals surface area contributed by atoms with E-state index in [0.717, 1.165) is 17.7 Å². The first-order valence-corrected chi connectivity index (χ1v) is 8.64. The standard InChI is InChI=1S/C19H24N4O2/c1-14(2)16-8-6-15(7-9-16)11-21-25-18-5-4-10-23(19(18)24)17-12-20-22(3)13-17/h6-9,11-14,18H,4-5,10H2,1-3H3. The SMILES string of the molecule is CC(C)c1ccc(C=NOC2CCCN(c3cnn(C)c3)C2=O)cc1. The number of nitrogens with zero attached hydrogens (tertiary/aromatic N) is 4. The van der Waals surface area contributed by atoms with Crippen molar-refractivity contribution in [2.45, 2.75) is 38.7 Å². The Morgan fingerprint density at radius 3 is 2.72 bits per heavy atom. The molecule has 0 bridgehead atoms. The van der Waals surface area contributed by atoms with Crippen molar-refractivity contribution in [1.29, 1.82) is 0 Å². The van der Waals surface area contributed by atoms with Gasteiger partial charge in [0, 0.05) is 19.8 Å². The molecule has 1 aromatic carbocycles. The van der Waals surface area contributed by atoms with Crippen molar-refractivity contribution < 1.29 is 9.63 Å². The summed E-state index contributed by atoms with van der Waals surface area (Å²) < 4.78 is 1.69. The second kappa shape index (κ2) is 7.51. The Kier molecular flexibility index (Phi) is 5.16. The Hall–Kier alpha value is -2.63. The van der Waals surface area contributed by atoms with Gasteiger partial charge in [0.1, 0.15) is 0 Å². The number of hydrogen-bond acceptors (Lipinski definition) is 4. The van der Waals surface area contributed by atoms with E-state index in [1.807, 2.05) is 25.4 Å². The highest BCUT2D eigenvalue weighted by Crippen LogP contribution is 2.22. The molecule has 0 saturated carbocycles. The zero-order chi connectivity index (χ0) is 17.8. The van der Waals surface area contributed by atoms with Crippen LogP contribution in [0.5, 0.6) is 0 Å². The summed E-state index contributed by atoms with van der Waals surface area (Å²) in [6.45, 7) is 5.01. The van der Waals surface area contributed by atoms with Gasteiger partial charge >= 0.3 is 0 Å². The van der Waals surface area contributed by atoms with Gasteiger partial charge in [-0.15, -0.1) is 0 Å². The molecule has 0 N–H and O–H groups in total. The molecule has 1 aliphatic heterocycles. The lowest BCUT2D eigenvalue weighted by Crippen LogP contribution is -2.44. The summed E-state index contributed by atoms with van der Waals surface area (Å²) in [5.74, 6) is 0.437. The maximum absolute atomic E-state index is 12.6. The third kappa shape index (κ3) is 4.07. The average molecular weight is 340 g/mol. The van der Waals surface area contributed by atoms with Crippen molar-refractivity contribution in [2.75, 3.05) is 11.4 Å². The number of aryl methyl sites for hydroxylation is 1. The van der Waals surface area contributed by atoms with Crippen LogP contribution in [0.25, 0.3) is 0 Å². The van der Waals surface area contributed by atoms with Crippen LogP contribution >= 0.6 is 0 Å². The predicted octanol–water partition coefficient (Wildman–Crippen LogP) is 3.09. The molecule has 2 heterocycles. The molecule has 1 saturated heterocycles. The molecule has 1 amide bonds. The van der Waals surface area contributed by atoms with Crippen molar-refractivity contribution in [3.8, 4) is 0 Å². The molecule has 1 unspecified atom stereocenters. The van der Waals surface area contributed by atoms with Gasteiger partial charge in [0.15, 0.2) is 0 Å². The van der Waals surface area contributed by atoms with Crippen LogP contribution in [0.3, 0.4) is 0 Å². The van der Waals surface area contributed by atoms with Crippen molar-refractivity contribution in [1.82, 2.24) is 9.78 Å². The number of piperidine rings is 1. The number of aromatic nitrogens is 2. The minimum atomic E-state index is -0.542. The quantitative estimate of drug-likeness (QED) is 0.621. The number of oxime groups is 1. The molecule has 6 nitrogen and oxygen atoms in total. The second-order valence-corrected chi connectivity index (χ2v) is 6.65. The topological polar surface area (TPSA) is 59.7 Å². The number of carbonyl (C=O) groups is 1. The fourth-order valence-electron chi connectivity index (χ4n) is 2.88. The van der Waals surface area contributed by atoms with Crippen molar-refractivity contribution >= 4 is 17.8 Å².